The van der Waals surface area contributed by atoms with Gasteiger partial charge in [-0.25, -0.2) is 0 Å². The molecule has 3 rings (SSSR count). The van der Waals surface area contributed by atoms with E-state index in [0.29, 0.717) is 16.0 Å². The summed E-state index contributed by atoms with van der Waals surface area (Å²) in [5.74, 6) is -0.165. The van der Waals surface area contributed by atoms with Crippen molar-refractivity contribution in [2.45, 2.75) is 6.18 Å². The zero-order valence-electron chi connectivity index (χ0n) is 13.3. The first kappa shape index (κ1) is 17.5. The third-order valence-electron chi connectivity index (χ3n) is 3.31. The number of ether oxygens (including phenoxy) is 1. The van der Waals surface area contributed by atoms with Gasteiger partial charge in [0.15, 0.2) is 12.3 Å². The number of carbonyl (C=O) groups excluding carboxylic acids is 1. The van der Waals surface area contributed by atoms with Gasteiger partial charge in [0.1, 0.15) is 11.4 Å². The minimum absolute atomic E-state index is 0.0833. The van der Waals surface area contributed by atoms with Crippen molar-refractivity contribution < 1.29 is 27.2 Å². The maximum absolute atomic E-state index is 12.8. The van der Waals surface area contributed by atoms with E-state index in [9.17, 15) is 18.0 Å². The Balaban J connectivity index is 1.81. The summed E-state index contributed by atoms with van der Waals surface area (Å²) in [5.41, 5.74) is 4.51. The van der Waals surface area contributed by atoms with Crippen molar-refractivity contribution >= 4 is 5.91 Å². The van der Waals surface area contributed by atoms with Crippen molar-refractivity contribution in [3.05, 3.63) is 36.0 Å². The molecule has 0 aliphatic carbocycles. The monoisotopic (exact) mass is 367 g/mol. The number of alkyl halides is 3. The molecule has 2 heterocycles. The van der Waals surface area contributed by atoms with Crippen molar-refractivity contribution in [3.63, 3.8) is 0 Å². The van der Waals surface area contributed by atoms with Gasteiger partial charge in [-0.15, -0.1) is 0 Å². The van der Waals surface area contributed by atoms with Crippen molar-refractivity contribution in [1.29, 1.82) is 0 Å². The lowest BCUT2D eigenvalue weighted by atomic mass is 10.2. The second-order valence-corrected chi connectivity index (χ2v) is 5.24. The zero-order chi connectivity index (χ0) is 18.9. The third-order valence-corrected chi connectivity index (χ3v) is 3.31. The Bertz CT molecular complexity index is 931. The van der Waals surface area contributed by atoms with Gasteiger partial charge in [-0.1, -0.05) is 5.16 Å². The zero-order valence-corrected chi connectivity index (χ0v) is 13.3. The summed E-state index contributed by atoms with van der Waals surface area (Å²) in [6, 6.07) is 7.17. The maximum Gasteiger partial charge on any atom is 0.433 e. The number of primary amides is 1. The molecule has 0 radical (unpaired) electrons. The fourth-order valence-electron chi connectivity index (χ4n) is 2.14. The van der Waals surface area contributed by atoms with Crippen LogP contribution < -0.4 is 10.5 Å². The summed E-state index contributed by atoms with van der Waals surface area (Å²) >= 11 is 0. The molecule has 1 amide bonds. The van der Waals surface area contributed by atoms with Crippen molar-refractivity contribution in [1.82, 2.24) is 19.9 Å². The van der Waals surface area contributed by atoms with Gasteiger partial charge in [-0.05, 0) is 24.3 Å². The summed E-state index contributed by atoms with van der Waals surface area (Å²) < 4.78 is 49.3. The van der Waals surface area contributed by atoms with Crippen LogP contribution in [-0.4, -0.2) is 32.4 Å². The fraction of sp³-hybridized carbons (Fsp3) is 0.200. The number of aryl methyl sites for hydroxylation is 1. The van der Waals surface area contributed by atoms with Crippen LogP contribution in [-0.2, 0) is 18.0 Å². The molecule has 0 bridgehead atoms. The van der Waals surface area contributed by atoms with Gasteiger partial charge >= 0.3 is 6.18 Å². The van der Waals surface area contributed by atoms with Crippen molar-refractivity contribution in [2.75, 3.05) is 6.61 Å². The van der Waals surface area contributed by atoms with Crippen LogP contribution in [0.2, 0.25) is 0 Å². The lowest BCUT2D eigenvalue weighted by Crippen LogP contribution is -2.19. The molecular formula is C15H12F3N5O3. The molecule has 8 nitrogen and oxygen atoms in total. The number of nitrogens with zero attached hydrogens (tertiary/aromatic N) is 4. The van der Waals surface area contributed by atoms with Gasteiger partial charge in [-0.2, -0.15) is 23.3 Å². The number of hydrogen-bond acceptors (Lipinski definition) is 6. The van der Waals surface area contributed by atoms with Crippen LogP contribution in [0.5, 0.6) is 5.75 Å². The highest BCUT2D eigenvalue weighted by Crippen LogP contribution is 2.32. The first-order chi connectivity index (χ1) is 12.2. The Labute approximate surface area is 144 Å². The van der Waals surface area contributed by atoms with Crippen LogP contribution in [0.25, 0.3) is 23.0 Å². The van der Waals surface area contributed by atoms with Gasteiger partial charge in [0.25, 0.3) is 11.8 Å². The second-order valence-electron chi connectivity index (χ2n) is 5.24. The first-order valence-electron chi connectivity index (χ1n) is 7.21. The number of rotatable bonds is 5. The number of carbonyl (C=O) groups is 1. The standard InChI is InChI=1S/C15H12F3N5O3/c1-23-11(15(16,17)18)6-10(21-23)14-20-13(22-26-14)8-2-4-9(5-3-8)25-7-12(19)24/h2-6H,7H2,1H3,(H2,19,24). The fourth-order valence-corrected chi connectivity index (χ4v) is 2.14. The molecule has 2 N–H and O–H groups in total. The van der Waals surface area contributed by atoms with Crippen LogP contribution in [0.3, 0.4) is 0 Å². The van der Waals surface area contributed by atoms with Crippen molar-refractivity contribution in [3.8, 4) is 28.7 Å². The topological polar surface area (TPSA) is 109 Å². The lowest BCUT2D eigenvalue weighted by molar-refractivity contribution is -0.143. The molecule has 136 valence electrons. The largest absolute Gasteiger partial charge is 0.484 e. The third kappa shape index (κ3) is 3.66. The Morgan fingerprint density at radius 1 is 1.31 bits per heavy atom. The molecule has 0 aliphatic heterocycles. The quantitative estimate of drug-likeness (QED) is 0.739. The first-order valence-corrected chi connectivity index (χ1v) is 7.21. The number of hydrogen-bond donors (Lipinski definition) is 1. The van der Waals surface area contributed by atoms with Crippen LogP contribution in [0.15, 0.2) is 34.9 Å². The molecule has 11 heteroatoms. The molecule has 3 aromatic rings. The highest BCUT2D eigenvalue weighted by atomic mass is 19.4. The van der Waals surface area contributed by atoms with E-state index in [1.807, 2.05) is 0 Å². The molecule has 0 unspecified atom stereocenters. The van der Waals surface area contributed by atoms with E-state index in [4.69, 9.17) is 15.0 Å². The number of benzene rings is 1. The maximum atomic E-state index is 12.8. The molecule has 0 atom stereocenters. The molecule has 2 aromatic heterocycles. The molecular weight excluding hydrogens is 355 g/mol. The van der Waals surface area contributed by atoms with Gasteiger partial charge in [0.2, 0.25) is 5.82 Å². The predicted molar refractivity (Wildman–Crippen MR) is 81.6 cm³/mol. The Morgan fingerprint density at radius 2 is 2.00 bits per heavy atom. The normalized spacial score (nSPS) is 11.5. The molecule has 1 aromatic carbocycles. The summed E-state index contributed by atoms with van der Waals surface area (Å²) in [7, 11) is 1.18. The Morgan fingerprint density at radius 3 is 2.58 bits per heavy atom. The van der Waals surface area contributed by atoms with E-state index < -0.39 is 17.8 Å². The van der Waals surface area contributed by atoms with Crippen LogP contribution in [0.1, 0.15) is 5.69 Å². The van der Waals surface area contributed by atoms with E-state index in [1.165, 1.54) is 7.05 Å². The number of halogens is 3. The van der Waals surface area contributed by atoms with Gasteiger partial charge < -0.3 is 15.0 Å². The van der Waals surface area contributed by atoms with E-state index in [2.05, 4.69) is 15.2 Å². The SMILES string of the molecule is Cn1nc(-c2nc(-c3ccc(OCC(N)=O)cc3)no2)cc1C(F)(F)F. The molecule has 26 heavy (non-hydrogen) atoms. The van der Waals surface area contributed by atoms with E-state index in [0.717, 1.165) is 6.07 Å². The number of amides is 1. The number of aromatic nitrogens is 4. The van der Waals surface area contributed by atoms with Crippen LogP contribution in [0, 0.1) is 0 Å². The minimum Gasteiger partial charge on any atom is -0.484 e. The summed E-state index contributed by atoms with van der Waals surface area (Å²) in [4.78, 5) is 14.7. The van der Waals surface area contributed by atoms with Crippen LogP contribution >= 0.6 is 0 Å². The highest BCUT2D eigenvalue weighted by molar-refractivity contribution is 5.75. The lowest BCUT2D eigenvalue weighted by Gasteiger charge is -2.04. The van der Waals surface area contributed by atoms with Crippen molar-refractivity contribution in [2.24, 2.45) is 12.8 Å². The van der Waals surface area contributed by atoms with Gasteiger partial charge in [0, 0.05) is 18.7 Å². The Kier molecular flexibility index (Phi) is 4.36. The van der Waals surface area contributed by atoms with E-state index >= 15 is 0 Å². The molecule has 0 fully saturated rings. The molecule has 0 aliphatic rings. The Hall–Kier alpha value is -3.37. The summed E-state index contributed by atoms with van der Waals surface area (Å²) in [6.07, 6.45) is -4.54. The molecule has 0 spiro atoms. The number of nitrogens with two attached hydrogens (primary N) is 1. The molecule has 0 saturated carbocycles. The summed E-state index contributed by atoms with van der Waals surface area (Å²) in [5, 5.41) is 7.48. The minimum atomic E-state index is -4.54. The average molecular weight is 367 g/mol. The smallest absolute Gasteiger partial charge is 0.433 e. The second kappa shape index (κ2) is 6.50. The van der Waals surface area contributed by atoms with E-state index in [-0.39, 0.29) is 24.0 Å². The summed E-state index contributed by atoms with van der Waals surface area (Å²) in [6.45, 7) is -0.257. The average Bonchev–Trinajstić information content (AvgIpc) is 3.19. The van der Waals surface area contributed by atoms with Gasteiger partial charge in [-0.3, -0.25) is 9.48 Å². The van der Waals surface area contributed by atoms with E-state index in [1.54, 1.807) is 24.3 Å². The van der Waals surface area contributed by atoms with Gasteiger partial charge in [0.05, 0.1) is 0 Å². The van der Waals surface area contributed by atoms with Crippen LogP contribution in [0.4, 0.5) is 13.2 Å². The highest BCUT2D eigenvalue weighted by Gasteiger charge is 2.35. The molecule has 0 saturated heterocycles. The predicted octanol–water partition coefficient (Wildman–Crippen LogP) is 2.02.